The second-order valence-electron chi connectivity index (χ2n) is 6.08. The lowest BCUT2D eigenvalue weighted by atomic mass is 10.1. The number of amides is 2. The Morgan fingerprint density at radius 1 is 1.08 bits per heavy atom. The number of nitrogens with zero attached hydrogens (tertiary/aromatic N) is 1. The Bertz CT molecular complexity index is 919. The number of anilines is 2. The summed E-state index contributed by atoms with van der Waals surface area (Å²) in [5, 5.41) is 2.74. The van der Waals surface area contributed by atoms with Gasteiger partial charge in [0.1, 0.15) is 0 Å². The average Bonchev–Trinajstić information content (AvgIpc) is 3.08. The van der Waals surface area contributed by atoms with E-state index in [1.165, 1.54) is 12.1 Å². The van der Waals surface area contributed by atoms with Crippen LogP contribution < -0.4 is 10.2 Å². The Morgan fingerprint density at radius 3 is 2.27 bits per heavy atom. The Morgan fingerprint density at radius 2 is 1.73 bits per heavy atom. The van der Waals surface area contributed by atoms with Crippen molar-refractivity contribution in [1.29, 1.82) is 0 Å². The minimum absolute atomic E-state index is 0.0323. The van der Waals surface area contributed by atoms with Gasteiger partial charge < -0.3 is 10.2 Å². The molecule has 0 spiro atoms. The minimum Gasteiger partial charge on any atom is -0.322 e. The van der Waals surface area contributed by atoms with E-state index in [0.717, 1.165) is 12.1 Å². The molecule has 2 aromatic rings. The first-order valence-corrected chi connectivity index (χ1v) is 10.1. The normalized spacial score (nSPS) is 14.5. The molecule has 7 heteroatoms. The third-order valence-corrected chi connectivity index (χ3v) is 6.12. The topological polar surface area (TPSA) is 83.6 Å². The molecule has 0 atom stereocenters. The van der Waals surface area contributed by atoms with Crippen molar-refractivity contribution in [2.24, 2.45) is 0 Å². The number of hydrogen-bond acceptors (Lipinski definition) is 4. The molecule has 0 bridgehead atoms. The van der Waals surface area contributed by atoms with Crippen LogP contribution in [0.3, 0.4) is 0 Å². The molecule has 3 rings (SSSR count). The highest BCUT2D eigenvalue weighted by Gasteiger charge is 2.21. The lowest BCUT2D eigenvalue weighted by Gasteiger charge is -2.15. The Balaban J connectivity index is 1.69. The number of benzene rings is 2. The molecule has 0 unspecified atom stereocenters. The van der Waals surface area contributed by atoms with E-state index in [-0.39, 0.29) is 22.5 Å². The Kier molecular flexibility index (Phi) is 5.08. The maximum atomic E-state index is 12.3. The van der Waals surface area contributed by atoms with Crippen LogP contribution >= 0.6 is 0 Å². The molecular formula is C19H20N2O4S. The van der Waals surface area contributed by atoms with E-state index in [1.807, 2.05) is 0 Å². The highest BCUT2D eigenvalue weighted by molar-refractivity contribution is 7.91. The first-order chi connectivity index (χ1) is 12.4. The lowest BCUT2D eigenvalue weighted by Crippen LogP contribution is -2.23. The summed E-state index contributed by atoms with van der Waals surface area (Å²) in [6, 6.07) is 13.0. The quantitative estimate of drug-likeness (QED) is 0.875. The van der Waals surface area contributed by atoms with Gasteiger partial charge in [-0.15, -0.1) is 0 Å². The second kappa shape index (κ2) is 7.29. The number of hydrogen-bond donors (Lipinski definition) is 1. The van der Waals surface area contributed by atoms with Crippen LogP contribution in [0.25, 0.3) is 0 Å². The van der Waals surface area contributed by atoms with E-state index in [4.69, 9.17) is 0 Å². The molecule has 2 amide bonds. The van der Waals surface area contributed by atoms with Crippen LogP contribution in [0.4, 0.5) is 11.4 Å². The lowest BCUT2D eigenvalue weighted by molar-refractivity contribution is -0.117. The summed E-state index contributed by atoms with van der Waals surface area (Å²) in [7, 11) is -3.26. The van der Waals surface area contributed by atoms with Gasteiger partial charge in [0.15, 0.2) is 9.84 Å². The maximum absolute atomic E-state index is 12.3. The summed E-state index contributed by atoms with van der Waals surface area (Å²) in [4.78, 5) is 26.0. The molecular weight excluding hydrogens is 352 g/mol. The van der Waals surface area contributed by atoms with Gasteiger partial charge in [-0.1, -0.05) is 6.92 Å². The Hall–Kier alpha value is -2.67. The summed E-state index contributed by atoms with van der Waals surface area (Å²) in [6.45, 7) is 2.29. The monoisotopic (exact) mass is 372 g/mol. The zero-order valence-electron chi connectivity index (χ0n) is 14.4. The van der Waals surface area contributed by atoms with Gasteiger partial charge in [-0.2, -0.15) is 0 Å². The smallest absolute Gasteiger partial charge is 0.255 e. The van der Waals surface area contributed by atoms with Crippen LogP contribution in [0.5, 0.6) is 0 Å². The minimum atomic E-state index is -3.26. The number of nitrogens with one attached hydrogen (secondary N) is 1. The van der Waals surface area contributed by atoms with Crippen LogP contribution in [0.1, 0.15) is 30.1 Å². The average molecular weight is 372 g/mol. The van der Waals surface area contributed by atoms with Crippen LogP contribution in [0.2, 0.25) is 0 Å². The van der Waals surface area contributed by atoms with Gasteiger partial charge >= 0.3 is 0 Å². The Labute approximate surface area is 152 Å². The molecule has 6 nitrogen and oxygen atoms in total. The van der Waals surface area contributed by atoms with Crippen molar-refractivity contribution in [2.45, 2.75) is 24.7 Å². The summed E-state index contributed by atoms with van der Waals surface area (Å²) < 4.78 is 23.6. The summed E-state index contributed by atoms with van der Waals surface area (Å²) in [5.74, 6) is -0.162. The standard InChI is InChI=1S/C19H20N2O4S/c1-2-26(24,25)17-11-7-15(8-12-17)20-19(23)14-5-9-16(10-6-14)21-13-3-4-18(21)22/h5-12H,2-4,13H2,1H3,(H,20,23). The highest BCUT2D eigenvalue weighted by atomic mass is 32.2. The molecule has 1 N–H and O–H groups in total. The highest BCUT2D eigenvalue weighted by Crippen LogP contribution is 2.22. The fraction of sp³-hybridized carbons (Fsp3) is 0.263. The molecule has 1 aliphatic heterocycles. The number of carbonyl (C=O) groups is 2. The van der Waals surface area contributed by atoms with Crippen molar-refractivity contribution in [3.05, 3.63) is 54.1 Å². The summed E-state index contributed by atoms with van der Waals surface area (Å²) in [6.07, 6.45) is 1.41. The largest absolute Gasteiger partial charge is 0.322 e. The summed E-state index contributed by atoms with van der Waals surface area (Å²) >= 11 is 0. The predicted octanol–water partition coefficient (Wildman–Crippen LogP) is 2.86. The van der Waals surface area contributed by atoms with Crippen molar-refractivity contribution >= 4 is 33.0 Å². The molecule has 1 heterocycles. The molecule has 1 aliphatic rings. The SMILES string of the molecule is CCS(=O)(=O)c1ccc(NC(=O)c2ccc(N3CCCC3=O)cc2)cc1. The van der Waals surface area contributed by atoms with E-state index in [2.05, 4.69) is 5.32 Å². The molecule has 2 aromatic carbocycles. The summed E-state index contributed by atoms with van der Waals surface area (Å²) in [5.41, 5.74) is 1.77. The number of rotatable bonds is 5. The molecule has 0 radical (unpaired) electrons. The predicted molar refractivity (Wildman–Crippen MR) is 100 cm³/mol. The van der Waals surface area contributed by atoms with Crippen molar-refractivity contribution in [1.82, 2.24) is 0 Å². The molecule has 0 saturated carbocycles. The zero-order chi connectivity index (χ0) is 18.7. The first kappa shape index (κ1) is 18.1. The van der Waals surface area contributed by atoms with Crippen LogP contribution in [0, 0.1) is 0 Å². The molecule has 0 aliphatic carbocycles. The van der Waals surface area contributed by atoms with Crippen molar-refractivity contribution in [2.75, 3.05) is 22.5 Å². The van der Waals surface area contributed by atoms with E-state index >= 15 is 0 Å². The van der Waals surface area contributed by atoms with Gasteiger partial charge in [0.05, 0.1) is 10.6 Å². The fourth-order valence-electron chi connectivity index (χ4n) is 2.83. The van der Waals surface area contributed by atoms with Crippen LogP contribution in [0.15, 0.2) is 53.4 Å². The molecule has 26 heavy (non-hydrogen) atoms. The third-order valence-electron chi connectivity index (χ3n) is 4.37. The van der Waals surface area contributed by atoms with Gasteiger partial charge in [0.2, 0.25) is 5.91 Å². The molecule has 1 fully saturated rings. The van der Waals surface area contributed by atoms with Crippen LogP contribution in [-0.2, 0) is 14.6 Å². The molecule has 136 valence electrons. The molecule has 0 aromatic heterocycles. The number of carbonyl (C=O) groups excluding carboxylic acids is 2. The van der Waals surface area contributed by atoms with Gasteiger partial charge in [-0.05, 0) is 55.0 Å². The third kappa shape index (κ3) is 3.77. The van der Waals surface area contributed by atoms with Crippen molar-refractivity contribution in [3.8, 4) is 0 Å². The van der Waals surface area contributed by atoms with E-state index in [9.17, 15) is 18.0 Å². The van der Waals surface area contributed by atoms with E-state index in [0.29, 0.717) is 24.2 Å². The van der Waals surface area contributed by atoms with Crippen LogP contribution in [-0.4, -0.2) is 32.5 Å². The van der Waals surface area contributed by atoms with Crippen molar-refractivity contribution < 1.29 is 18.0 Å². The fourth-order valence-corrected chi connectivity index (χ4v) is 3.71. The van der Waals surface area contributed by atoms with Gasteiger partial charge in [0.25, 0.3) is 5.91 Å². The van der Waals surface area contributed by atoms with E-state index < -0.39 is 9.84 Å². The van der Waals surface area contributed by atoms with Gasteiger partial charge in [-0.3, -0.25) is 9.59 Å². The van der Waals surface area contributed by atoms with Gasteiger partial charge in [-0.25, -0.2) is 8.42 Å². The van der Waals surface area contributed by atoms with Gasteiger partial charge in [0, 0.05) is 29.9 Å². The first-order valence-electron chi connectivity index (χ1n) is 8.45. The van der Waals surface area contributed by atoms with E-state index in [1.54, 1.807) is 48.2 Å². The maximum Gasteiger partial charge on any atom is 0.255 e. The zero-order valence-corrected chi connectivity index (χ0v) is 15.3. The number of sulfone groups is 1. The molecule has 1 saturated heterocycles. The second-order valence-corrected chi connectivity index (χ2v) is 8.36. The van der Waals surface area contributed by atoms with Crippen molar-refractivity contribution in [3.63, 3.8) is 0 Å².